The van der Waals surface area contributed by atoms with Crippen LogP contribution < -0.4 is 0 Å². The molecule has 0 spiro atoms. The number of carbonyl (C=O) groups is 3. The molecule has 0 aliphatic heterocycles. The number of hydrogen-bond acceptors (Lipinski definition) is 14. The fraction of sp³-hybridized carbons (Fsp3) is 0.701. The van der Waals surface area contributed by atoms with Gasteiger partial charge in [-0.15, -0.1) is 0 Å². The molecule has 0 fully saturated rings. The summed E-state index contributed by atoms with van der Waals surface area (Å²) in [6, 6.07) is 0. The van der Waals surface area contributed by atoms with Crippen molar-refractivity contribution in [3.05, 3.63) is 122 Å². The highest BCUT2D eigenvalue weighted by atomic mass is 31.2. The van der Waals surface area contributed by atoms with Gasteiger partial charge >= 0.3 is 33.6 Å². The summed E-state index contributed by atoms with van der Waals surface area (Å²) in [5.41, 5.74) is 0. The van der Waals surface area contributed by atoms with Crippen molar-refractivity contribution in [3.63, 3.8) is 0 Å². The second-order valence-electron chi connectivity index (χ2n) is 24.4. The summed E-state index contributed by atoms with van der Waals surface area (Å²) in [6.45, 7) is 2.54. The molecule has 0 aliphatic carbocycles. The summed E-state index contributed by atoms with van der Waals surface area (Å²) in [5.74, 6) is -1.62. The molecule has 0 aliphatic rings. The molecule has 0 aromatic carbocycles. The summed E-state index contributed by atoms with van der Waals surface area (Å²) in [4.78, 5) is 58.5. The topological polar surface area (TPSA) is 231 Å². The van der Waals surface area contributed by atoms with Crippen molar-refractivity contribution in [1.82, 2.24) is 0 Å². The minimum Gasteiger partial charge on any atom is -0.463 e. The molecule has 5 atom stereocenters. The lowest BCUT2D eigenvalue weighted by Crippen LogP contribution is -2.30. The average Bonchev–Trinajstić information content (AvgIpc) is 1.93. The molecule has 18 heteroatoms. The third kappa shape index (κ3) is 71.1. The fourth-order valence-corrected chi connectivity index (χ4v) is 11.0. The van der Waals surface area contributed by atoms with Crippen molar-refractivity contribution in [1.29, 1.82) is 0 Å². The number of phosphoric ester groups is 2. The number of unbranched alkanes of at least 4 members (excludes halogenated alkanes) is 26. The predicted molar refractivity (Wildman–Crippen MR) is 390 cm³/mol. The first-order valence-electron chi connectivity index (χ1n) is 36.8. The van der Waals surface area contributed by atoms with Crippen molar-refractivity contribution in [2.75, 3.05) is 39.6 Å². The van der Waals surface area contributed by atoms with Crippen LogP contribution in [0.5, 0.6) is 0 Å². The number of aliphatic hydroxyl groups excluding tert-OH is 2. The Morgan fingerprint density at radius 1 is 0.295 bits per heavy atom. The van der Waals surface area contributed by atoms with Gasteiger partial charge in [-0.05, 0) is 141 Å². The van der Waals surface area contributed by atoms with Gasteiger partial charge in [-0.2, -0.15) is 0 Å². The van der Waals surface area contributed by atoms with Crippen molar-refractivity contribution < 1.29 is 75.8 Å². The highest BCUT2D eigenvalue weighted by Crippen LogP contribution is 2.45. The highest BCUT2D eigenvalue weighted by Gasteiger charge is 2.29. The molecule has 0 amide bonds. The van der Waals surface area contributed by atoms with Gasteiger partial charge in [0.1, 0.15) is 25.4 Å². The van der Waals surface area contributed by atoms with Gasteiger partial charge in [-0.25, -0.2) is 9.13 Å². The van der Waals surface area contributed by atoms with E-state index < -0.39 is 91.5 Å². The van der Waals surface area contributed by atoms with Crippen LogP contribution in [0.2, 0.25) is 0 Å². The lowest BCUT2D eigenvalue weighted by Gasteiger charge is -2.21. The van der Waals surface area contributed by atoms with Crippen LogP contribution in [0.1, 0.15) is 290 Å². The number of carbonyl (C=O) groups excluding carboxylic acids is 3. The summed E-state index contributed by atoms with van der Waals surface area (Å²) in [5, 5.41) is 20.6. The van der Waals surface area contributed by atoms with E-state index in [1.807, 2.05) is 0 Å². The Morgan fingerprint density at radius 3 is 0.832 bits per heavy atom. The lowest BCUT2D eigenvalue weighted by molar-refractivity contribution is -0.161. The van der Waals surface area contributed by atoms with E-state index in [-0.39, 0.29) is 19.3 Å². The van der Waals surface area contributed by atoms with Crippen LogP contribution in [0.3, 0.4) is 0 Å². The van der Waals surface area contributed by atoms with E-state index in [0.29, 0.717) is 19.3 Å². The van der Waals surface area contributed by atoms with E-state index in [1.54, 1.807) is 0 Å². The van der Waals surface area contributed by atoms with E-state index in [1.165, 1.54) is 70.6 Å². The van der Waals surface area contributed by atoms with Gasteiger partial charge in [0.2, 0.25) is 0 Å². The SMILES string of the molecule is CCCCC/C=C\C/C=C\C/C=C\C/C=C\CCCCCCCCCC(=O)OCC(O)COP(=O)(O)OCC(O)COP(=O)(O)OCC(COC(=O)CCCCCCC/C=C\C/C=C\C/C=C\C/C=C\CCCCC)OC(=O)CCCCCCC/C=C\C/C=C\CCCCC. The number of ether oxygens (including phenoxy) is 3. The third-order valence-corrected chi connectivity index (χ3v) is 17.0. The van der Waals surface area contributed by atoms with Crippen molar-refractivity contribution in [2.24, 2.45) is 0 Å². The van der Waals surface area contributed by atoms with Gasteiger partial charge in [-0.3, -0.25) is 32.5 Å². The smallest absolute Gasteiger partial charge is 0.463 e. The standard InChI is InChI=1S/C77H132O16P2/c1-4-7-10-13-16-19-22-25-28-30-32-34-35-37-39-40-43-45-48-51-54-57-60-63-75(80)87-66-72(78)67-89-94(83,84)90-68-73(79)69-91-95(85,86)92-71-74(93-77(82)65-62-59-56-53-50-47-42-27-24-21-18-15-12-9-6-3)70-88-76(81)64-61-58-55-52-49-46-44-41-38-36-33-31-29-26-23-20-17-14-11-8-5-2/h16-21,25-29,32-34,36-37,39,41-42,44,72-74,78-79H,4-15,22-24,30-31,35,38,40,43,45-71H2,1-3H3,(H,83,84)(H,85,86)/b19-16-,20-17-,21-18-,28-25-,29-26-,34-32-,36-33-,39-37-,42-27-,44-41-. The molecule has 16 nitrogen and oxygen atoms in total. The fourth-order valence-electron chi connectivity index (χ4n) is 9.45. The van der Waals surface area contributed by atoms with Gasteiger partial charge in [0.15, 0.2) is 6.10 Å². The number of aliphatic hydroxyl groups is 2. The molecule has 0 rings (SSSR count). The van der Waals surface area contributed by atoms with Crippen LogP contribution in [0.15, 0.2) is 122 Å². The van der Waals surface area contributed by atoms with E-state index in [4.69, 9.17) is 32.3 Å². The predicted octanol–water partition coefficient (Wildman–Crippen LogP) is 21.0. The first-order chi connectivity index (χ1) is 46.2. The molecule has 0 aromatic heterocycles. The average molecular weight is 1380 g/mol. The maximum absolute atomic E-state index is 12.9. The summed E-state index contributed by atoms with van der Waals surface area (Å²) in [7, 11) is -9.80. The van der Waals surface area contributed by atoms with Crippen LogP contribution in [0, 0.1) is 0 Å². The van der Waals surface area contributed by atoms with Crippen molar-refractivity contribution in [3.8, 4) is 0 Å². The maximum atomic E-state index is 12.9. The monoisotopic (exact) mass is 1370 g/mol. The molecule has 0 aromatic rings. The lowest BCUT2D eigenvalue weighted by atomic mass is 10.1. The minimum absolute atomic E-state index is 0.0812. The van der Waals surface area contributed by atoms with Gasteiger partial charge in [0.05, 0.1) is 26.4 Å². The van der Waals surface area contributed by atoms with Gasteiger partial charge in [-0.1, -0.05) is 251 Å². The zero-order chi connectivity index (χ0) is 69.5. The Hall–Kier alpha value is -4.05. The van der Waals surface area contributed by atoms with E-state index in [9.17, 15) is 43.5 Å². The van der Waals surface area contributed by atoms with E-state index in [2.05, 4.69) is 142 Å². The molecule has 0 radical (unpaired) electrons. The summed E-state index contributed by atoms with van der Waals surface area (Å²) < 4.78 is 61.0. The molecule has 0 heterocycles. The molecule has 95 heavy (non-hydrogen) atoms. The van der Waals surface area contributed by atoms with Gasteiger partial charge in [0.25, 0.3) is 0 Å². The Bertz CT molecular complexity index is 2210. The minimum atomic E-state index is -4.94. The molecule has 546 valence electrons. The Labute approximate surface area is 576 Å². The van der Waals surface area contributed by atoms with E-state index >= 15 is 0 Å². The molecule has 0 bridgehead atoms. The van der Waals surface area contributed by atoms with Gasteiger partial charge in [0, 0.05) is 19.3 Å². The molecule has 5 unspecified atom stereocenters. The second kappa shape index (κ2) is 69.8. The third-order valence-electron chi connectivity index (χ3n) is 15.1. The Morgan fingerprint density at radius 2 is 0.526 bits per heavy atom. The van der Waals surface area contributed by atoms with Crippen LogP contribution in [-0.2, 0) is 55.8 Å². The van der Waals surface area contributed by atoms with Gasteiger partial charge < -0.3 is 34.2 Å². The first-order valence-corrected chi connectivity index (χ1v) is 39.8. The molecule has 0 saturated carbocycles. The zero-order valence-corrected chi connectivity index (χ0v) is 61.1. The number of hydrogen-bond donors (Lipinski definition) is 4. The van der Waals surface area contributed by atoms with Crippen LogP contribution >= 0.6 is 15.6 Å². The number of esters is 3. The zero-order valence-electron chi connectivity index (χ0n) is 59.3. The summed E-state index contributed by atoms with van der Waals surface area (Å²) in [6.07, 6.45) is 80.9. The first kappa shape index (κ1) is 91.0. The number of allylic oxidation sites excluding steroid dienone is 20. The normalized spacial score (nSPS) is 14.8. The number of phosphoric acid groups is 2. The second-order valence-corrected chi connectivity index (χ2v) is 27.3. The molecular formula is C77H132O16P2. The van der Waals surface area contributed by atoms with Crippen LogP contribution in [0.4, 0.5) is 0 Å². The highest BCUT2D eigenvalue weighted by molar-refractivity contribution is 7.47. The Balaban J connectivity index is 4.67. The quantitative estimate of drug-likeness (QED) is 0.0146. The van der Waals surface area contributed by atoms with Crippen molar-refractivity contribution in [2.45, 2.75) is 309 Å². The van der Waals surface area contributed by atoms with Crippen LogP contribution in [0.25, 0.3) is 0 Å². The number of rotatable bonds is 69. The largest absolute Gasteiger partial charge is 0.472 e. The summed E-state index contributed by atoms with van der Waals surface area (Å²) >= 11 is 0. The maximum Gasteiger partial charge on any atom is 0.472 e. The molecule has 0 saturated heterocycles. The van der Waals surface area contributed by atoms with Crippen molar-refractivity contribution >= 4 is 33.6 Å². The van der Waals surface area contributed by atoms with Crippen LogP contribution in [-0.4, -0.2) is 95.9 Å². The van der Waals surface area contributed by atoms with E-state index in [0.717, 1.165) is 161 Å². The Kier molecular flexibility index (Phi) is 66.9. The molecule has 4 N–H and O–H groups in total. The molecular weight excluding hydrogens is 1240 g/mol.